The van der Waals surface area contributed by atoms with Gasteiger partial charge in [-0.15, -0.1) is 11.3 Å². The van der Waals surface area contributed by atoms with Gasteiger partial charge < -0.3 is 41.3 Å². The molecule has 2 N–H and O–H groups in total. The summed E-state index contributed by atoms with van der Waals surface area (Å²) in [6.07, 6.45) is 8.94. The van der Waals surface area contributed by atoms with Crippen LogP contribution < -0.4 is 17.0 Å². The van der Waals surface area contributed by atoms with E-state index in [9.17, 15) is 15.0 Å². The first kappa shape index (κ1) is 26.6. The molecule has 6 nitrogen and oxygen atoms in total. The van der Waals surface area contributed by atoms with E-state index in [1.54, 1.807) is 0 Å². The van der Waals surface area contributed by atoms with Gasteiger partial charge in [-0.05, 0) is 37.1 Å². The third kappa shape index (κ3) is 5.42. The normalized spacial score (nSPS) is 32.3. The van der Waals surface area contributed by atoms with Gasteiger partial charge in [0.05, 0.1) is 25.7 Å². The topological polar surface area (TPSA) is 70.0 Å². The monoisotopic (exact) mass is 556 g/mol. The Kier molecular flexibility index (Phi) is 8.79. The average molecular weight is 558 g/mol. The van der Waals surface area contributed by atoms with Crippen LogP contribution in [0.4, 0.5) is 0 Å². The number of esters is 1. The number of hydrogen-bond donors (Lipinski definition) is 2. The molecule has 6 rings (SSSR count). The number of piperidine rings is 4. The van der Waals surface area contributed by atoms with Crippen LogP contribution in [0.1, 0.15) is 62.7 Å². The van der Waals surface area contributed by atoms with Gasteiger partial charge in [0.1, 0.15) is 6.54 Å². The van der Waals surface area contributed by atoms with Gasteiger partial charge in [-0.3, -0.25) is 0 Å². The number of nitrogens with zero attached hydrogens (tertiary/aromatic N) is 2. The minimum absolute atomic E-state index is 0. The molecule has 5 fully saturated rings. The summed E-state index contributed by atoms with van der Waals surface area (Å²) in [6.45, 7) is 7.53. The van der Waals surface area contributed by atoms with Crippen molar-refractivity contribution in [1.82, 2.24) is 4.90 Å². The van der Waals surface area contributed by atoms with Gasteiger partial charge in [0.2, 0.25) is 0 Å². The van der Waals surface area contributed by atoms with Gasteiger partial charge in [0, 0.05) is 55.6 Å². The fourth-order valence-corrected chi connectivity index (χ4v) is 7.87. The fourth-order valence-electron chi connectivity index (χ4n) is 6.98. The molecule has 0 unspecified atom stereocenters. The minimum Gasteiger partial charge on any atom is -1.00 e. The number of likely N-dealkylation sites (tertiary alicyclic amines) is 1. The highest BCUT2D eigenvalue weighted by Crippen LogP contribution is 2.44. The van der Waals surface area contributed by atoms with E-state index in [1.165, 1.54) is 24.4 Å². The fraction of sp³-hybridized carbons (Fsp3) is 0.808. The molecule has 5 heterocycles. The van der Waals surface area contributed by atoms with Gasteiger partial charge in [-0.1, -0.05) is 18.9 Å². The third-order valence-corrected chi connectivity index (χ3v) is 10.1. The van der Waals surface area contributed by atoms with Crippen molar-refractivity contribution in [2.24, 2.45) is 11.8 Å². The lowest BCUT2D eigenvalue weighted by atomic mass is 9.82. The number of aliphatic hydroxyl groups excluding tert-OH is 1. The highest BCUT2D eigenvalue weighted by atomic mass is 79.9. The molecule has 0 aromatic carbocycles. The van der Waals surface area contributed by atoms with Crippen LogP contribution >= 0.6 is 11.3 Å². The van der Waals surface area contributed by atoms with Crippen molar-refractivity contribution in [3.8, 4) is 0 Å². The smallest absolute Gasteiger partial charge is 0.344 e. The first-order valence-electron chi connectivity index (χ1n) is 13.2. The lowest BCUT2D eigenvalue weighted by Gasteiger charge is -2.52. The van der Waals surface area contributed by atoms with Crippen LogP contribution in [0.15, 0.2) is 17.5 Å². The number of carbonyl (C=O) groups excluding carboxylic acids is 1. The van der Waals surface area contributed by atoms with Crippen LogP contribution in [0.25, 0.3) is 0 Å². The maximum Gasteiger partial charge on any atom is 0.344 e. The molecule has 4 saturated heterocycles. The van der Waals surface area contributed by atoms with Crippen LogP contribution in [0.3, 0.4) is 0 Å². The molecule has 8 heteroatoms. The predicted octanol–water partition coefficient (Wildman–Crippen LogP) is 0.129. The van der Waals surface area contributed by atoms with E-state index >= 15 is 0 Å². The zero-order chi connectivity index (χ0) is 22.9. The van der Waals surface area contributed by atoms with Crippen molar-refractivity contribution in [3.05, 3.63) is 22.4 Å². The SMILES string of the molecule is O=C(O[C@H]1C[N+]2(CCCN3CCC(O)CC3)CCC1CC2)[C@](O)(c1cccs1)C1CCCC1.[Br-]. The second-order valence-corrected chi connectivity index (χ2v) is 12.1. The van der Waals surface area contributed by atoms with E-state index in [1.807, 2.05) is 17.5 Å². The second-order valence-electron chi connectivity index (χ2n) is 11.1. The molecule has 1 aliphatic carbocycles. The number of rotatable bonds is 8. The van der Waals surface area contributed by atoms with Crippen molar-refractivity contribution in [1.29, 1.82) is 0 Å². The van der Waals surface area contributed by atoms with E-state index in [4.69, 9.17) is 4.74 Å². The quantitative estimate of drug-likeness (QED) is 0.352. The number of fused-ring (bicyclic) bond motifs is 3. The molecule has 2 atom stereocenters. The molecule has 192 valence electrons. The van der Waals surface area contributed by atoms with E-state index in [0.29, 0.717) is 5.92 Å². The molecular weight excluding hydrogens is 516 g/mol. The summed E-state index contributed by atoms with van der Waals surface area (Å²) >= 11 is 1.47. The summed E-state index contributed by atoms with van der Waals surface area (Å²) in [4.78, 5) is 16.8. The Balaban J connectivity index is 0.00000274. The zero-order valence-electron chi connectivity index (χ0n) is 20.2. The van der Waals surface area contributed by atoms with Gasteiger partial charge in [0.15, 0.2) is 11.7 Å². The Labute approximate surface area is 218 Å². The van der Waals surface area contributed by atoms with E-state index < -0.39 is 11.6 Å². The summed E-state index contributed by atoms with van der Waals surface area (Å²) in [6, 6.07) is 3.82. The molecular formula is C26H41BrN2O4S. The second kappa shape index (κ2) is 11.3. The van der Waals surface area contributed by atoms with Crippen molar-refractivity contribution < 1.29 is 41.2 Å². The third-order valence-electron chi connectivity index (χ3n) is 9.12. The Hall–Kier alpha value is -0.510. The number of thiophene rings is 1. The van der Waals surface area contributed by atoms with Crippen LogP contribution in [0.5, 0.6) is 0 Å². The number of halogens is 1. The van der Waals surface area contributed by atoms with Gasteiger partial charge in [-0.2, -0.15) is 0 Å². The van der Waals surface area contributed by atoms with Crippen molar-refractivity contribution in [2.45, 2.75) is 75.6 Å². The van der Waals surface area contributed by atoms with Crippen LogP contribution in [0.2, 0.25) is 0 Å². The molecule has 1 aromatic heterocycles. The summed E-state index contributed by atoms with van der Waals surface area (Å²) < 4.78 is 7.28. The number of aliphatic hydroxyl groups is 2. The molecule has 0 amide bonds. The largest absolute Gasteiger partial charge is 1.00 e. The van der Waals surface area contributed by atoms with E-state index in [-0.39, 0.29) is 35.1 Å². The van der Waals surface area contributed by atoms with E-state index in [2.05, 4.69) is 4.90 Å². The molecule has 1 aromatic rings. The summed E-state index contributed by atoms with van der Waals surface area (Å²) in [5.74, 6) is 0.00487. The van der Waals surface area contributed by atoms with Crippen LogP contribution in [-0.2, 0) is 15.1 Å². The standard InChI is InChI=1S/C26H41N2O4S.BrH/c29-22-8-13-27(14-9-22)12-4-15-28-16-10-20(11-17-28)23(19-28)32-25(30)26(31,21-5-1-2-6-21)24-7-3-18-33-24;/h3,7,18,20-23,29,31H,1-2,4-6,8-17,19H2;1H/q+1;/p-1/t20?,23-,26+,28?;/m0./s1. The van der Waals surface area contributed by atoms with Crippen molar-refractivity contribution >= 4 is 17.3 Å². The Morgan fingerprint density at radius 2 is 1.85 bits per heavy atom. The number of ether oxygens (including phenoxy) is 1. The highest BCUT2D eigenvalue weighted by molar-refractivity contribution is 7.10. The highest BCUT2D eigenvalue weighted by Gasteiger charge is 2.53. The van der Waals surface area contributed by atoms with Gasteiger partial charge in [-0.25, -0.2) is 4.79 Å². The average Bonchev–Trinajstić information content (AvgIpc) is 3.56. The summed E-state index contributed by atoms with van der Waals surface area (Å²) in [5, 5.41) is 23.4. The molecule has 4 aliphatic heterocycles. The molecule has 2 bridgehead atoms. The summed E-state index contributed by atoms with van der Waals surface area (Å²) in [5.41, 5.74) is -1.49. The molecule has 0 radical (unpaired) electrons. The van der Waals surface area contributed by atoms with Crippen molar-refractivity contribution in [2.75, 3.05) is 45.8 Å². The zero-order valence-corrected chi connectivity index (χ0v) is 22.6. The van der Waals surface area contributed by atoms with Gasteiger partial charge in [0.25, 0.3) is 0 Å². The predicted molar refractivity (Wildman–Crippen MR) is 129 cm³/mol. The Bertz CT molecular complexity index is 787. The Morgan fingerprint density at radius 3 is 2.50 bits per heavy atom. The molecule has 1 saturated carbocycles. The maximum atomic E-state index is 13.5. The van der Waals surface area contributed by atoms with Crippen molar-refractivity contribution in [3.63, 3.8) is 0 Å². The maximum absolute atomic E-state index is 13.5. The number of hydrogen-bond acceptors (Lipinski definition) is 6. The number of quaternary nitrogens is 1. The van der Waals surface area contributed by atoms with Crippen LogP contribution in [-0.4, -0.2) is 83.6 Å². The van der Waals surface area contributed by atoms with Gasteiger partial charge >= 0.3 is 5.97 Å². The minimum atomic E-state index is -1.49. The first-order chi connectivity index (χ1) is 16.0. The molecule has 34 heavy (non-hydrogen) atoms. The molecule has 5 aliphatic rings. The first-order valence-corrected chi connectivity index (χ1v) is 14.1. The molecule has 0 spiro atoms. The van der Waals surface area contributed by atoms with Crippen LogP contribution in [0, 0.1) is 11.8 Å². The lowest BCUT2D eigenvalue weighted by molar-refractivity contribution is -0.946. The lowest BCUT2D eigenvalue weighted by Crippen LogP contribution is -3.00. The number of carbonyl (C=O) groups is 1. The summed E-state index contributed by atoms with van der Waals surface area (Å²) in [7, 11) is 0. The Morgan fingerprint density at radius 1 is 1.15 bits per heavy atom. The van der Waals surface area contributed by atoms with E-state index in [0.717, 1.165) is 99.9 Å².